The number of hydrogen-bond donors (Lipinski definition) is 1. The van der Waals surface area contributed by atoms with Crippen molar-refractivity contribution in [2.75, 3.05) is 4.90 Å². The molecule has 1 saturated heterocycles. The molecule has 1 aliphatic rings. The molecule has 1 amide bonds. The lowest BCUT2D eigenvalue weighted by molar-refractivity contribution is -0.384. The molecule has 6 rings (SSSR count). The molecule has 0 radical (unpaired) electrons. The van der Waals surface area contributed by atoms with Gasteiger partial charge in [-0.1, -0.05) is 59.5 Å². The van der Waals surface area contributed by atoms with E-state index in [1.54, 1.807) is 17.5 Å². The summed E-state index contributed by atoms with van der Waals surface area (Å²) in [5.74, 6) is -1.62. The number of nitro groups is 1. The zero-order valence-electron chi connectivity index (χ0n) is 22.3. The molecule has 42 heavy (non-hydrogen) atoms. The minimum Gasteiger partial charge on any atom is -0.505 e. The summed E-state index contributed by atoms with van der Waals surface area (Å²) < 4.78 is 2.38. The Bertz CT molecular complexity index is 1900. The third-order valence-corrected chi connectivity index (χ3v) is 9.11. The van der Waals surface area contributed by atoms with Crippen molar-refractivity contribution in [1.29, 1.82) is 0 Å². The normalized spacial score (nSPS) is 16.4. The fourth-order valence-electron chi connectivity index (χ4n) is 4.88. The second kappa shape index (κ2) is 10.8. The molecule has 0 spiro atoms. The van der Waals surface area contributed by atoms with Gasteiger partial charge in [0.05, 0.1) is 22.2 Å². The molecular weight excluding hydrogens is 576 g/mol. The fourth-order valence-corrected chi connectivity index (χ4v) is 6.70. The van der Waals surface area contributed by atoms with Gasteiger partial charge in [0.25, 0.3) is 11.5 Å². The number of nitro benzene ring substituents is 1. The van der Waals surface area contributed by atoms with Crippen molar-refractivity contribution < 1.29 is 19.6 Å². The number of aliphatic hydroxyl groups is 1. The average Bonchev–Trinajstić information content (AvgIpc) is 3.67. The van der Waals surface area contributed by atoms with Gasteiger partial charge in [-0.2, -0.15) is 0 Å². The molecule has 0 saturated carbocycles. The Balaban J connectivity index is 1.46. The van der Waals surface area contributed by atoms with Gasteiger partial charge in [-0.3, -0.25) is 24.6 Å². The van der Waals surface area contributed by atoms with Crippen molar-refractivity contribution in [3.05, 3.63) is 117 Å². The van der Waals surface area contributed by atoms with E-state index in [1.807, 2.05) is 49.4 Å². The molecule has 210 valence electrons. The summed E-state index contributed by atoms with van der Waals surface area (Å²) in [4.78, 5) is 43.7. The van der Waals surface area contributed by atoms with Crippen LogP contribution in [0, 0.1) is 24.0 Å². The van der Waals surface area contributed by atoms with Crippen LogP contribution in [0.4, 0.5) is 10.8 Å². The number of benzene rings is 2. The Hall–Kier alpha value is -4.88. The maximum absolute atomic E-state index is 13.6. The van der Waals surface area contributed by atoms with Gasteiger partial charge in [0.15, 0.2) is 10.1 Å². The predicted molar refractivity (Wildman–Crippen MR) is 158 cm³/mol. The van der Waals surface area contributed by atoms with E-state index < -0.39 is 28.4 Å². The van der Waals surface area contributed by atoms with Gasteiger partial charge >= 0.3 is 5.91 Å². The highest BCUT2D eigenvalue weighted by molar-refractivity contribution is 8.00. The zero-order valence-corrected chi connectivity index (χ0v) is 23.9. The maximum Gasteiger partial charge on any atom is 0.301 e. The van der Waals surface area contributed by atoms with E-state index in [4.69, 9.17) is 0 Å². The molecule has 1 unspecified atom stereocenters. The van der Waals surface area contributed by atoms with Crippen LogP contribution in [-0.4, -0.2) is 41.3 Å². The summed E-state index contributed by atoms with van der Waals surface area (Å²) in [6.45, 7) is 3.64. The summed E-state index contributed by atoms with van der Waals surface area (Å²) in [5.41, 5.74) is 3.32. The van der Waals surface area contributed by atoms with E-state index in [-0.39, 0.29) is 22.1 Å². The number of anilines is 1. The number of carbonyl (C=O) groups excluding carboxylic acids is 2. The van der Waals surface area contributed by atoms with Crippen LogP contribution in [0.2, 0.25) is 0 Å². The third kappa shape index (κ3) is 4.72. The first-order valence-electron chi connectivity index (χ1n) is 12.7. The zero-order chi connectivity index (χ0) is 29.5. The number of ketones is 1. The van der Waals surface area contributed by atoms with Crippen LogP contribution in [0.15, 0.2) is 82.8 Å². The number of aromatic nitrogens is 4. The fraction of sp³-hybridized carbons (Fsp3) is 0.138. The number of fused-ring (bicyclic) bond motifs is 1. The third-order valence-electron chi connectivity index (χ3n) is 6.98. The molecule has 5 aromatic rings. The van der Waals surface area contributed by atoms with Crippen molar-refractivity contribution in [3.63, 3.8) is 0 Å². The van der Waals surface area contributed by atoms with Crippen LogP contribution < -0.4 is 4.90 Å². The number of carbonyl (C=O) groups is 2. The second-order valence-corrected chi connectivity index (χ2v) is 11.8. The summed E-state index contributed by atoms with van der Waals surface area (Å²) in [5, 5.41) is 31.5. The number of pyridine rings is 1. The van der Waals surface area contributed by atoms with Crippen molar-refractivity contribution in [2.24, 2.45) is 0 Å². The predicted octanol–water partition coefficient (Wildman–Crippen LogP) is 5.63. The number of rotatable bonds is 7. The smallest absolute Gasteiger partial charge is 0.301 e. The highest BCUT2D eigenvalue weighted by Crippen LogP contribution is 2.44. The lowest BCUT2D eigenvalue weighted by Crippen LogP contribution is -2.29. The number of amides is 1. The van der Waals surface area contributed by atoms with Crippen molar-refractivity contribution in [3.8, 4) is 0 Å². The quantitative estimate of drug-likeness (QED) is 0.0479. The number of aliphatic hydroxyl groups excluding tert-OH is 1. The highest BCUT2D eigenvalue weighted by atomic mass is 32.2. The van der Waals surface area contributed by atoms with Gasteiger partial charge in [-0.25, -0.2) is 4.98 Å². The van der Waals surface area contributed by atoms with E-state index in [2.05, 4.69) is 15.2 Å². The molecule has 4 heterocycles. The summed E-state index contributed by atoms with van der Waals surface area (Å²) in [7, 11) is 0. The van der Waals surface area contributed by atoms with Gasteiger partial charge < -0.3 is 9.51 Å². The molecule has 0 bridgehead atoms. The first kappa shape index (κ1) is 27.3. The number of hydrogen-bond acceptors (Lipinski definition) is 10. The van der Waals surface area contributed by atoms with E-state index in [9.17, 15) is 24.8 Å². The largest absolute Gasteiger partial charge is 0.505 e. The SMILES string of the molecule is Cc1cccn2c(C)c(C(O)=C3C(=O)C(=O)N(c4nnc(SCc5ccccc5)s4)C3c3ccc([N+](=O)[O-])cc3)nc12. The average molecular weight is 599 g/mol. The summed E-state index contributed by atoms with van der Waals surface area (Å²) >= 11 is 2.58. The number of aryl methyl sites for hydroxylation is 2. The molecule has 1 aliphatic heterocycles. The standard InChI is InChI=1S/C29H22N6O5S2/c1-16-7-6-14-33-17(2)22(30-26(16)33)24(36)21-23(19-10-12-20(13-11-19)35(39)40)34(27(38)25(21)37)28-31-32-29(42-28)41-15-18-8-4-3-5-9-18/h3-14,23,36H,15H2,1-2H3. The number of thioether (sulfide) groups is 1. The van der Waals surface area contributed by atoms with Crippen LogP contribution in [0.5, 0.6) is 0 Å². The first-order valence-corrected chi connectivity index (χ1v) is 14.5. The van der Waals surface area contributed by atoms with E-state index in [0.29, 0.717) is 27.0 Å². The number of nitrogens with zero attached hydrogens (tertiary/aromatic N) is 6. The summed E-state index contributed by atoms with van der Waals surface area (Å²) in [6.07, 6.45) is 1.80. The Morgan fingerprint density at radius 2 is 1.79 bits per heavy atom. The molecule has 3 aromatic heterocycles. The van der Waals surface area contributed by atoms with Gasteiger partial charge in [0, 0.05) is 24.1 Å². The lowest BCUT2D eigenvalue weighted by atomic mass is 9.96. The summed E-state index contributed by atoms with van der Waals surface area (Å²) in [6, 6.07) is 17.9. The Labute approximate surface area is 247 Å². The Morgan fingerprint density at radius 3 is 2.48 bits per heavy atom. The van der Waals surface area contributed by atoms with E-state index >= 15 is 0 Å². The van der Waals surface area contributed by atoms with E-state index in [1.165, 1.54) is 40.9 Å². The molecule has 11 nitrogen and oxygen atoms in total. The van der Waals surface area contributed by atoms with Crippen molar-refractivity contribution in [1.82, 2.24) is 19.6 Å². The van der Waals surface area contributed by atoms with Crippen molar-refractivity contribution >= 4 is 57.0 Å². The Kier molecular flexibility index (Phi) is 7.04. The Morgan fingerprint density at radius 1 is 1.05 bits per heavy atom. The second-order valence-electron chi connectivity index (χ2n) is 9.57. The number of imidazole rings is 1. The topological polar surface area (TPSA) is 144 Å². The van der Waals surface area contributed by atoms with E-state index in [0.717, 1.165) is 22.5 Å². The minimum atomic E-state index is -1.11. The molecule has 0 aliphatic carbocycles. The number of Topliss-reactive ketones (excluding diaryl/α,β-unsaturated/α-hetero) is 1. The molecule has 1 atom stereocenters. The van der Waals surface area contributed by atoms with Crippen LogP contribution in [-0.2, 0) is 15.3 Å². The van der Waals surface area contributed by atoms with Gasteiger partial charge in [0.1, 0.15) is 11.3 Å². The molecule has 2 aromatic carbocycles. The lowest BCUT2D eigenvalue weighted by Gasteiger charge is -2.22. The molecular formula is C29H22N6O5S2. The molecule has 1 fully saturated rings. The monoisotopic (exact) mass is 598 g/mol. The van der Waals surface area contributed by atoms with Crippen LogP contribution in [0.25, 0.3) is 11.4 Å². The van der Waals surface area contributed by atoms with Crippen molar-refractivity contribution in [2.45, 2.75) is 30.0 Å². The van der Waals surface area contributed by atoms with Crippen LogP contribution in [0.3, 0.4) is 0 Å². The van der Waals surface area contributed by atoms with Crippen LogP contribution in [0.1, 0.15) is 34.1 Å². The van der Waals surface area contributed by atoms with Gasteiger partial charge in [0.2, 0.25) is 5.13 Å². The highest BCUT2D eigenvalue weighted by Gasteiger charge is 2.49. The van der Waals surface area contributed by atoms with Gasteiger partial charge in [-0.05, 0) is 48.7 Å². The van der Waals surface area contributed by atoms with Gasteiger partial charge in [-0.15, -0.1) is 10.2 Å². The first-order chi connectivity index (χ1) is 20.2. The minimum absolute atomic E-state index is 0.155. The van der Waals surface area contributed by atoms with Crippen LogP contribution >= 0.6 is 23.1 Å². The maximum atomic E-state index is 13.6. The molecule has 13 heteroatoms. The number of non-ortho nitro benzene ring substituents is 1. The molecule has 1 N–H and O–H groups in total.